The summed E-state index contributed by atoms with van der Waals surface area (Å²) in [7, 11) is 1.34. The topological polar surface area (TPSA) is 52.1 Å². The first-order valence-corrected chi connectivity index (χ1v) is 8.64. The van der Waals surface area contributed by atoms with Crippen LogP contribution < -0.4 is 0 Å². The molecule has 4 nitrogen and oxygen atoms in total. The second kappa shape index (κ2) is 8.05. The molecule has 1 aromatic heterocycles. The standard InChI is InChI=1S/C19H14F2N2O2S/c1-25-18(24)13-4-2-12(3-5-13)11-26-19-22-9-8-17(23-19)14-6-7-15(20)16(21)10-14/h2-10H,11H2,1H3. The highest BCUT2D eigenvalue weighted by Crippen LogP contribution is 2.24. The van der Waals surface area contributed by atoms with Gasteiger partial charge in [0.15, 0.2) is 16.8 Å². The van der Waals surface area contributed by atoms with Crippen LogP contribution in [0.25, 0.3) is 11.3 Å². The summed E-state index contributed by atoms with van der Waals surface area (Å²) < 4.78 is 31.1. The zero-order chi connectivity index (χ0) is 18.5. The number of hydrogen-bond donors (Lipinski definition) is 0. The normalized spacial score (nSPS) is 10.6. The van der Waals surface area contributed by atoms with Crippen LogP contribution in [0.3, 0.4) is 0 Å². The summed E-state index contributed by atoms with van der Waals surface area (Å²) in [5.74, 6) is -1.59. The van der Waals surface area contributed by atoms with Gasteiger partial charge in [-0.25, -0.2) is 23.5 Å². The third-order valence-electron chi connectivity index (χ3n) is 3.59. The Labute approximate surface area is 153 Å². The number of hydrogen-bond acceptors (Lipinski definition) is 5. The first-order valence-electron chi connectivity index (χ1n) is 7.65. The Morgan fingerprint density at radius 1 is 1.08 bits per heavy atom. The second-order valence-corrected chi connectivity index (χ2v) is 6.27. The number of halogens is 2. The van der Waals surface area contributed by atoms with E-state index in [0.29, 0.717) is 27.7 Å². The van der Waals surface area contributed by atoms with E-state index in [-0.39, 0.29) is 5.97 Å². The summed E-state index contributed by atoms with van der Waals surface area (Å²) >= 11 is 1.40. The molecule has 3 aromatic rings. The highest BCUT2D eigenvalue weighted by molar-refractivity contribution is 7.98. The minimum absolute atomic E-state index is 0.383. The van der Waals surface area contributed by atoms with Crippen LogP contribution in [0.15, 0.2) is 59.9 Å². The van der Waals surface area contributed by atoms with Crippen LogP contribution in [0.2, 0.25) is 0 Å². The number of ether oxygens (including phenoxy) is 1. The molecule has 0 atom stereocenters. The molecule has 0 aliphatic rings. The van der Waals surface area contributed by atoms with Gasteiger partial charge in [-0.1, -0.05) is 23.9 Å². The molecule has 0 unspecified atom stereocenters. The number of nitrogens with zero attached hydrogens (tertiary/aromatic N) is 2. The van der Waals surface area contributed by atoms with Crippen molar-refractivity contribution in [2.24, 2.45) is 0 Å². The van der Waals surface area contributed by atoms with Crippen LogP contribution in [0.5, 0.6) is 0 Å². The molecule has 0 saturated heterocycles. The molecule has 0 saturated carbocycles. The molecular formula is C19H14F2N2O2S. The lowest BCUT2D eigenvalue weighted by Gasteiger charge is -2.05. The predicted octanol–water partition coefficient (Wildman–Crippen LogP) is 4.50. The third-order valence-corrected chi connectivity index (χ3v) is 4.52. The summed E-state index contributed by atoms with van der Waals surface area (Å²) in [4.78, 5) is 20.0. The summed E-state index contributed by atoms with van der Waals surface area (Å²) in [6, 6.07) is 12.3. The van der Waals surface area contributed by atoms with Gasteiger partial charge in [-0.3, -0.25) is 0 Å². The number of methoxy groups -OCH3 is 1. The first kappa shape index (κ1) is 18.0. The van der Waals surface area contributed by atoms with E-state index in [1.54, 1.807) is 24.4 Å². The van der Waals surface area contributed by atoms with E-state index in [0.717, 1.165) is 17.7 Å². The summed E-state index contributed by atoms with van der Waals surface area (Å²) in [6.45, 7) is 0. The average molecular weight is 372 g/mol. The Bertz CT molecular complexity index is 933. The Balaban J connectivity index is 1.71. The second-order valence-electron chi connectivity index (χ2n) is 5.33. The van der Waals surface area contributed by atoms with Gasteiger partial charge in [0.05, 0.1) is 18.4 Å². The molecule has 7 heteroatoms. The molecule has 0 spiro atoms. The first-order chi connectivity index (χ1) is 12.6. The number of benzene rings is 2. The molecule has 0 radical (unpaired) electrons. The molecule has 0 aliphatic heterocycles. The SMILES string of the molecule is COC(=O)c1ccc(CSc2nccc(-c3ccc(F)c(F)c3)n2)cc1. The van der Waals surface area contributed by atoms with Crippen molar-refractivity contribution >= 4 is 17.7 Å². The Kier molecular flexibility index (Phi) is 5.58. The Morgan fingerprint density at radius 3 is 2.54 bits per heavy atom. The fourth-order valence-corrected chi connectivity index (χ4v) is 3.02. The van der Waals surface area contributed by atoms with Crippen molar-refractivity contribution < 1.29 is 18.3 Å². The monoisotopic (exact) mass is 372 g/mol. The molecule has 1 heterocycles. The van der Waals surface area contributed by atoms with Gasteiger partial charge < -0.3 is 4.74 Å². The lowest BCUT2D eigenvalue weighted by atomic mass is 10.1. The minimum Gasteiger partial charge on any atom is -0.465 e. The van der Waals surface area contributed by atoms with Gasteiger partial charge in [-0.05, 0) is 42.0 Å². The van der Waals surface area contributed by atoms with Gasteiger partial charge in [0.25, 0.3) is 0 Å². The number of carbonyl (C=O) groups is 1. The number of rotatable bonds is 5. The Morgan fingerprint density at radius 2 is 1.85 bits per heavy atom. The van der Waals surface area contributed by atoms with Gasteiger partial charge in [0.2, 0.25) is 0 Å². The van der Waals surface area contributed by atoms with E-state index >= 15 is 0 Å². The lowest BCUT2D eigenvalue weighted by molar-refractivity contribution is 0.0600. The number of carbonyl (C=O) groups excluding carboxylic acids is 1. The van der Waals surface area contributed by atoms with E-state index in [4.69, 9.17) is 0 Å². The fourth-order valence-electron chi connectivity index (χ4n) is 2.23. The molecule has 3 rings (SSSR count). The predicted molar refractivity (Wildman–Crippen MR) is 94.7 cm³/mol. The van der Waals surface area contributed by atoms with Crippen LogP contribution >= 0.6 is 11.8 Å². The molecular weight excluding hydrogens is 358 g/mol. The third kappa shape index (κ3) is 4.23. The van der Waals surface area contributed by atoms with E-state index in [1.165, 1.54) is 24.9 Å². The smallest absolute Gasteiger partial charge is 0.337 e. The average Bonchev–Trinajstić information content (AvgIpc) is 2.68. The van der Waals surface area contributed by atoms with E-state index in [2.05, 4.69) is 14.7 Å². The zero-order valence-corrected chi connectivity index (χ0v) is 14.6. The van der Waals surface area contributed by atoms with Crippen molar-refractivity contribution in [1.29, 1.82) is 0 Å². The molecule has 26 heavy (non-hydrogen) atoms. The van der Waals surface area contributed by atoms with E-state index in [9.17, 15) is 13.6 Å². The van der Waals surface area contributed by atoms with Crippen molar-refractivity contribution in [3.8, 4) is 11.3 Å². The lowest BCUT2D eigenvalue weighted by Crippen LogP contribution is -2.00. The molecule has 0 amide bonds. The van der Waals surface area contributed by atoms with Crippen LogP contribution in [-0.4, -0.2) is 23.0 Å². The maximum atomic E-state index is 13.4. The van der Waals surface area contributed by atoms with Crippen LogP contribution in [0, 0.1) is 11.6 Å². The van der Waals surface area contributed by atoms with Gasteiger partial charge in [-0.2, -0.15) is 0 Å². The van der Waals surface area contributed by atoms with E-state index in [1.807, 2.05) is 12.1 Å². The highest BCUT2D eigenvalue weighted by Gasteiger charge is 2.08. The van der Waals surface area contributed by atoms with Gasteiger partial charge in [-0.15, -0.1) is 0 Å². The molecule has 132 valence electrons. The molecule has 2 aromatic carbocycles. The van der Waals surface area contributed by atoms with Crippen LogP contribution in [0.1, 0.15) is 15.9 Å². The fraction of sp³-hybridized carbons (Fsp3) is 0.105. The minimum atomic E-state index is -0.916. The Hall–Kier alpha value is -2.80. The van der Waals surface area contributed by atoms with Crippen molar-refractivity contribution in [3.05, 3.63) is 77.5 Å². The number of thioether (sulfide) groups is 1. The maximum absolute atomic E-state index is 13.4. The highest BCUT2D eigenvalue weighted by atomic mass is 32.2. The largest absolute Gasteiger partial charge is 0.465 e. The van der Waals surface area contributed by atoms with Crippen molar-refractivity contribution in [3.63, 3.8) is 0 Å². The number of aromatic nitrogens is 2. The van der Waals surface area contributed by atoms with E-state index < -0.39 is 11.6 Å². The summed E-state index contributed by atoms with van der Waals surface area (Å²) in [6.07, 6.45) is 1.58. The van der Waals surface area contributed by atoms with Gasteiger partial charge in [0, 0.05) is 17.5 Å². The quantitative estimate of drug-likeness (QED) is 0.375. The molecule has 0 aliphatic carbocycles. The van der Waals surface area contributed by atoms with Crippen LogP contribution in [0.4, 0.5) is 8.78 Å². The van der Waals surface area contributed by atoms with Crippen molar-refractivity contribution in [2.75, 3.05) is 7.11 Å². The molecule has 0 N–H and O–H groups in total. The maximum Gasteiger partial charge on any atom is 0.337 e. The van der Waals surface area contributed by atoms with Crippen molar-refractivity contribution in [1.82, 2.24) is 9.97 Å². The van der Waals surface area contributed by atoms with Gasteiger partial charge >= 0.3 is 5.97 Å². The molecule has 0 fully saturated rings. The van der Waals surface area contributed by atoms with Crippen molar-refractivity contribution in [2.45, 2.75) is 10.9 Å². The summed E-state index contributed by atoms with van der Waals surface area (Å²) in [5, 5.41) is 0.518. The molecule has 0 bridgehead atoms. The zero-order valence-electron chi connectivity index (χ0n) is 13.8. The number of esters is 1. The van der Waals surface area contributed by atoms with Crippen LogP contribution in [-0.2, 0) is 10.5 Å². The van der Waals surface area contributed by atoms with Gasteiger partial charge in [0.1, 0.15) is 0 Å². The summed E-state index contributed by atoms with van der Waals surface area (Å²) in [5.41, 5.74) is 2.47.